The smallest absolute Gasteiger partial charge is 0.254 e. The molecule has 0 fully saturated rings. The normalized spacial score (nSPS) is 12.5. The lowest BCUT2D eigenvalue weighted by molar-refractivity contribution is 0.0888. The first-order valence-electron chi connectivity index (χ1n) is 13.2. The molecule has 0 amide bonds. The van der Waals surface area contributed by atoms with Gasteiger partial charge in [-0.25, -0.2) is 0 Å². The van der Waals surface area contributed by atoms with Crippen molar-refractivity contribution in [3.05, 3.63) is 118 Å². The lowest BCUT2D eigenvalue weighted by Crippen LogP contribution is -2.39. The van der Waals surface area contributed by atoms with E-state index < -0.39 is 8.07 Å². The summed E-state index contributed by atoms with van der Waals surface area (Å²) in [6.45, 7) is 10.6. The molecular formula is C32H39NO4Si. The van der Waals surface area contributed by atoms with Crippen LogP contribution in [-0.2, 0) is 17.8 Å². The molecule has 3 rings (SSSR count). The number of aryl methyl sites for hydroxylation is 1. The minimum absolute atomic E-state index is 0.0242. The molecule has 0 saturated heterocycles. The van der Waals surface area contributed by atoms with E-state index in [1.54, 1.807) is 16.7 Å². The fraction of sp³-hybridized carbons (Fsp3) is 0.312. The summed E-state index contributed by atoms with van der Waals surface area (Å²) < 4.78 is 7.81. The van der Waals surface area contributed by atoms with E-state index in [4.69, 9.17) is 4.74 Å². The van der Waals surface area contributed by atoms with Crippen LogP contribution in [0.15, 0.2) is 89.9 Å². The van der Waals surface area contributed by atoms with Crippen molar-refractivity contribution in [2.75, 3.05) is 13.2 Å². The van der Waals surface area contributed by atoms with Crippen molar-refractivity contribution in [2.45, 2.75) is 51.9 Å². The summed E-state index contributed by atoms with van der Waals surface area (Å²) in [6.07, 6.45) is 5.10. The number of aromatic nitrogens is 1. The van der Waals surface area contributed by atoms with Crippen molar-refractivity contribution in [3.63, 3.8) is 0 Å². The zero-order chi connectivity index (χ0) is 27.5. The Morgan fingerprint density at radius 1 is 1.11 bits per heavy atom. The second kappa shape index (κ2) is 14.0. The molecule has 1 aromatic heterocycles. The number of hydrogen-bond donors (Lipinski definition) is 1. The average Bonchev–Trinajstić information content (AvgIpc) is 2.92. The first-order chi connectivity index (χ1) is 18.3. The molecule has 1 N–H and O–H groups in total. The second-order valence-electron chi connectivity index (χ2n) is 10.1. The molecule has 1 atom stereocenters. The van der Waals surface area contributed by atoms with Crippen molar-refractivity contribution in [1.29, 1.82) is 0 Å². The summed E-state index contributed by atoms with van der Waals surface area (Å²) in [5, 5.41) is 10.7. The number of aliphatic hydroxyl groups is 1. The van der Waals surface area contributed by atoms with Gasteiger partial charge in [0.1, 0.15) is 8.07 Å². The third kappa shape index (κ3) is 7.60. The van der Waals surface area contributed by atoms with Gasteiger partial charge in [0.25, 0.3) is 5.56 Å². The number of rotatable bonds is 14. The lowest BCUT2D eigenvalue weighted by Gasteiger charge is -2.25. The molecule has 38 heavy (non-hydrogen) atoms. The molecule has 0 aliphatic carbocycles. The summed E-state index contributed by atoms with van der Waals surface area (Å²) >= 11 is 0. The molecule has 0 unspecified atom stereocenters. The minimum atomic E-state index is -2.01. The highest BCUT2D eigenvalue weighted by molar-refractivity contribution is 6.94. The van der Waals surface area contributed by atoms with E-state index in [1.807, 2.05) is 54.6 Å². The van der Waals surface area contributed by atoms with Crippen molar-refractivity contribution in [3.8, 4) is 0 Å². The predicted molar refractivity (Wildman–Crippen MR) is 159 cm³/mol. The second-order valence-corrected chi connectivity index (χ2v) is 14.5. The zero-order valence-electron chi connectivity index (χ0n) is 22.7. The van der Waals surface area contributed by atoms with Gasteiger partial charge < -0.3 is 14.4 Å². The van der Waals surface area contributed by atoms with Gasteiger partial charge in [0.2, 0.25) is 0 Å². The SMILES string of the molecule is C=CC[C@@H](COCc1ccccc1)n1c(/C=C/[Si](C)(C)c2ccccc2)c(C(C)=O)cc(CCCO)c1=O. The lowest BCUT2D eigenvalue weighted by atomic mass is 10.0. The zero-order valence-corrected chi connectivity index (χ0v) is 23.7. The highest BCUT2D eigenvalue weighted by Gasteiger charge is 2.24. The summed E-state index contributed by atoms with van der Waals surface area (Å²) in [6, 6.07) is 21.6. The Hall–Kier alpha value is -3.32. The number of Topliss-reactive ketones (excluding diaryl/α,β-unsaturated/α-hetero) is 1. The maximum Gasteiger partial charge on any atom is 0.254 e. The molecule has 3 aromatic rings. The summed E-state index contributed by atoms with van der Waals surface area (Å²) in [5.74, 6) is -0.106. The first kappa shape index (κ1) is 29.2. The number of allylic oxidation sites excluding steroid dienone is 1. The number of hydrogen-bond acceptors (Lipinski definition) is 4. The number of aliphatic hydroxyl groups excluding tert-OH is 1. The standard InChI is InChI=1S/C32H39NO4Si/c1-5-13-28(24-37-23-26-14-8-6-9-15-26)33-31(19-21-38(3,4)29-17-10-7-11-18-29)30(25(2)35)22-27(32(33)36)16-12-20-34/h5-11,14-15,17-19,21-22,28,34H,1,12-13,16,20,23-24H2,2-4H3/b21-19+/t28-/m0/s1. The maximum atomic E-state index is 13.9. The Bertz CT molecular complexity index is 1300. The topological polar surface area (TPSA) is 68.5 Å². The fourth-order valence-corrected chi connectivity index (χ4v) is 6.36. The maximum absolute atomic E-state index is 13.9. The number of pyridine rings is 1. The monoisotopic (exact) mass is 529 g/mol. The average molecular weight is 530 g/mol. The molecule has 0 spiro atoms. The van der Waals surface area contributed by atoms with Crippen molar-refractivity contribution in [1.82, 2.24) is 4.57 Å². The Morgan fingerprint density at radius 3 is 2.37 bits per heavy atom. The molecular weight excluding hydrogens is 490 g/mol. The molecule has 5 nitrogen and oxygen atoms in total. The Morgan fingerprint density at radius 2 is 1.76 bits per heavy atom. The summed E-state index contributed by atoms with van der Waals surface area (Å²) in [7, 11) is -2.01. The summed E-state index contributed by atoms with van der Waals surface area (Å²) in [5.41, 5.74) is 4.71. The molecule has 0 radical (unpaired) electrons. The van der Waals surface area contributed by atoms with Crippen LogP contribution >= 0.6 is 0 Å². The van der Waals surface area contributed by atoms with Gasteiger partial charge in [-0.05, 0) is 43.9 Å². The Balaban J connectivity index is 2.11. The number of nitrogens with zero attached hydrogens (tertiary/aromatic N) is 1. The van der Waals surface area contributed by atoms with Crippen LogP contribution in [0, 0.1) is 0 Å². The largest absolute Gasteiger partial charge is 0.396 e. The molecule has 1 heterocycles. The highest BCUT2D eigenvalue weighted by Crippen LogP contribution is 2.22. The van der Waals surface area contributed by atoms with E-state index in [2.05, 4.69) is 37.5 Å². The van der Waals surface area contributed by atoms with E-state index in [1.165, 1.54) is 12.1 Å². The van der Waals surface area contributed by atoms with E-state index in [9.17, 15) is 14.7 Å². The van der Waals surface area contributed by atoms with Crippen molar-refractivity contribution < 1.29 is 14.6 Å². The van der Waals surface area contributed by atoms with Crippen LogP contribution < -0.4 is 10.7 Å². The van der Waals surface area contributed by atoms with Crippen LogP contribution in [0.4, 0.5) is 0 Å². The third-order valence-electron chi connectivity index (χ3n) is 6.73. The van der Waals surface area contributed by atoms with Gasteiger partial charge in [-0.3, -0.25) is 9.59 Å². The van der Waals surface area contributed by atoms with Crippen molar-refractivity contribution >= 4 is 25.1 Å². The Kier molecular flexibility index (Phi) is 10.8. The Labute approximate surface area is 227 Å². The molecule has 0 saturated carbocycles. The van der Waals surface area contributed by atoms with Gasteiger partial charge in [0.15, 0.2) is 5.78 Å². The minimum Gasteiger partial charge on any atom is -0.396 e. The number of ketones is 1. The molecule has 0 bridgehead atoms. The molecule has 200 valence electrons. The summed E-state index contributed by atoms with van der Waals surface area (Å²) in [4.78, 5) is 26.8. The van der Waals surface area contributed by atoms with Gasteiger partial charge in [-0.15, -0.1) is 6.58 Å². The van der Waals surface area contributed by atoms with Crippen LogP contribution in [0.5, 0.6) is 0 Å². The van der Waals surface area contributed by atoms with Crippen LogP contribution in [0.2, 0.25) is 13.1 Å². The number of carbonyl (C=O) groups is 1. The first-order valence-corrected chi connectivity index (χ1v) is 16.2. The molecule has 0 aliphatic heterocycles. The van der Waals surface area contributed by atoms with Gasteiger partial charge in [0.05, 0.1) is 24.9 Å². The van der Waals surface area contributed by atoms with E-state index in [0.717, 1.165) is 5.56 Å². The van der Waals surface area contributed by atoms with Crippen LogP contribution in [0.3, 0.4) is 0 Å². The number of benzene rings is 2. The van der Waals surface area contributed by atoms with Crippen LogP contribution in [0.1, 0.15) is 53.0 Å². The highest BCUT2D eigenvalue weighted by atomic mass is 28.3. The van der Waals surface area contributed by atoms with Crippen molar-refractivity contribution in [2.24, 2.45) is 0 Å². The fourth-order valence-electron chi connectivity index (χ4n) is 4.55. The van der Waals surface area contributed by atoms with E-state index in [0.29, 0.717) is 49.3 Å². The third-order valence-corrected chi connectivity index (χ3v) is 9.55. The molecule has 2 aromatic carbocycles. The van der Waals surface area contributed by atoms with Gasteiger partial charge in [-0.1, -0.05) is 90.7 Å². The molecule has 0 aliphatic rings. The van der Waals surface area contributed by atoms with E-state index in [-0.39, 0.29) is 24.0 Å². The van der Waals surface area contributed by atoms with Crippen LogP contribution in [-0.4, -0.2) is 36.7 Å². The quantitative estimate of drug-likeness (QED) is 0.171. The number of carbonyl (C=O) groups excluding carboxylic acids is 1. The van der Waals surface area contributed by atoms with Crippen LogP contribution in [0.25, 0.3) is 6.08 Å². The predicted octanol–water partition coefficient (Wildman–Crippen LogP) is 5.48. The van der Waals surface area contributed by atoms with Gasteiger partial charge in [-0.2, -0.15) is 0 Å². The van der Waals surface area contributed by atoms with Gasteiger partial charge in [0, 0.05) is 17.7 Å². The molecule has 6 heteroatoms. The van der Waals surface area contributed by atoms with Gasteiger partial charge >= 0.3 is 0 Å². The van der Waals surface area contributed by atoms with E-state index >= 15 is 0 Å². The number of ether oxygens (including phenoxy) is 1.